The predicted octanol–water partition coefficient (Wildman–Crippen LogP) is 3.91. The molecule has 0 atom stereocenters. The first-order valence-corrected chi connectivity index (χ1v) is 6.65. The lowest BCUT2D eigenvalue weighted by Crippen LogP contribution is -1.86. The molecule has 0 saturated heterocycles. The van der Waals surface area contributed by atoms with Crippen LogP contribution in [-0.2, 0) is 0 Å². The van der Waals surface area contributed by atoms with Gasteiger partial charge in [-0.25, -0.2) is 0 Å². The first kappa shape index (κ1) is 10.2. The highest BCUT2D eigenvalue weighted by Crippen LogP contribution is 2.23. The summed E-state index contributed by atoms with van der Waals surface area (Å²) in [6.07, 6.45) is 0. The molecule has 0 fully saturated rings. The van der Waals surface area contributed by atoms with E-state index in [2.05, 4.69) is 102 Å². The smallest absolute Gasteiger partial charge is 0.0404 e. The standard InChI is InChI=1S/C6HI4/c7-3-1-4(8)6(10)5(9)2-3/h1H. The minimum Gasteiger partial charge on any atom is -0.0436 e. The van der Waals surface area contributed by atoms with Crippen molar-refractivity contribution >= 4 is 90.4 Å². The molecule has 0 aliphatic rings. The van der Waals surface area contributed by atoms with Gasteiger partial charge < -0.3 is 0 Å². The van der Waals surface area contributed by atoms with Gasteiger partial charge in [0.15, 0.2) is 0 Å². The Morgan fingerprint density at radius 2 is 1.70 bits per heavy atom. The van der Waals surface area contributed by atoms with Crippen LogP contribution in [0.4, 0.5) is 0 Å². The Kier molecular flexibility index (Phi) is 4.49. The zero-order chi connectivity index (χ0) is 7.72. The lowest BCUT2D eigenvalue weighted by atomic mass is 10.4. The number of benzene rings is 1. The fourth-order valence-corrected chi connectivity index (χ4v) is 4.14. The normalized spacial score (nSPS) is 10.0. The number of hydrogen-bond acceptors (Lipinski definition) is 0. The van der Waals surface area contributed by atoms with E-state index in [1.165, 1.54) is 14.3 Å². The van der Waals surface area contributed by atoms with E-state index in [9.17, 15) is 0 Å². The number of rotatable bonds is 0. The van der Waals surface area contributed by atoms with Crippen LogP contribution in [0.1, 0.15) is 0 Å². The zero-order valence-corrected chi connectivity index (χ0v) is 13.2. The van der Waals surface area contributed by atoms with E-state index in [0.717, 1.165) is 0 Å². The van der Waals surface area contributed by atoms with Gasteiger partial charge in [-0.1, -0.05) is 0 Å². The van der Waals surface area contributed by atoms with Crippen molar-refractivity contribution in [2.75, 3.05) is 0 Å². The third kappa shape index (κ3) is 2.57. The van der Waals surface area contributed by atoms with Crippen LogP contribution in [0.3, 0.4) is 0 Å². The number of hydrogen-bond donors (Lipinski definition) is 0. The summed E-state index contributed by atoms with van der Waals surface area (Å²) < 4.78 is 5.02. The van der Waals surface area contributed by atoms with Crippen molar-refractivity contribution in [2.24, 2.45) is 0 Å². The van der Waals surface area contributed by atoms with Gasteiger partial charge in [-0.2, -0.15) is 0 Å². The fraction of sp³-hybridized carbons (Fsp3) is 0. The summed E-state index contributed by atoms with van der Waals surface area (Å²) in [5.74, 6) is 0. The summed E-state index contributed by atoms with van der Waals surface area (Å²) in [6.45, 7) is 0. The second kappa shape index (κ2) is 4.40. The van der Waals surface area contributed by atoms with E-state index in [0.29, 0.717) is 0 Å². The highest BCUT2D eigenvalue weighted by molar-refractivity contribution is 14.1. The van der Waals surface area contributed by atoms with E-state index >= 15 is 0 Å². The molecule has 0 nitrogen and oxygen atoms in total. The minimum atomic E-state index is 1.19. The summed E-state index contributed by atoms with van der Waals surface area (Å²) in [5.41, 5.74) is 0. The summed E-state index contributed by atoms with van der Waals surface area (Å²) in [5, 5.41) is 0. The molecular formula is C6HI4. The largest absolute Gasteiger partial charge is 0.0436 e. The van der Waals surface area contributed by atoms with Gasteiger partial charge in [0.2, 0.25) is 0 Å². The number of halogens is 4. The molecule has 10 heavy (non-hydrogen) atoms. The van der Waals surface area contributed by atoms with Gasteiger partial charge in [-0.05, 0) is 96.4 Å². The Hall–Kier alpha value is 2.14. The Bertz CT molecular complexity index is 233. The SMILES string of the molecule is Ic1[c]c(I)c(I)c(I)c1. The molecule has 4 heteroatoms. The third-order valence-electron chi connectivity index (χ3n) is 0.885. The van der Waals surface area contributed by atoms with Crippen molar-refractivity contribution in [3.63, 3.8) is 0 Å². The Morgan fingerprint density at radius 3 is 2.20 bits per heavy atom. The molecular weight excluding hydrogens is 580 g/mol. The lowest BCUT2D eigenvalue weighted by Gasteiger charge is -1.98. The molecule has 0 amide bonds. The van der Waals surface area contributed by atoms with Gasteiger partial charge in [-0.3, -0.25) is 0 Å². The van der Waals surface area contributed by atoms with Crippen LogP contribution >= 0.6 is 90.4 Å². The van der Waals surface area contributed by atoms with Crippen molar-refractivity contribution < 1.29 is 0 Å². The topological polar surface area (TPSA) is 0 Å². The molecule has 1 rings (SSSR count). The molecule has 0 unspecified atom stereocenters. The summed E-state index contributed by atoms with van der Waals surface area (Å²) in [6, 6.07) is 5.37. The lowest BCUT2D eigenvalue weighted by molar-refractivity contribution is 1.47. The van der Waals surface area contributed by atoms with E-state index < -0.39 is 0 Å². The molecule has 0 heterocycles. The maximum absolute atomic E-state index is 3.24. The van der Waals surface area contributed by atoms with Gasteiger partial charge in [0.25, 0.3) is 0 Å². The monoisotopic (exact) mass is 581 g/mol. The molecule has 0 N–H and O–H groups in total. The second-order valence-electron chi connectivity index (χ2n) is 1.59. The molecule has 1 radical (unpaired) electrons. The van der Waals surface area contributed by atoms with Crippen LogP contribution in [0.25, 0.3) is 0 Å². The van der Waals surface area contributed by atoms with Crippen LogP contribution in [0.5, 0.6) is 0 Å². The zero-order valence-electron chi connectivity index (χ0n) is 4.59. The Labute approximate surface area is 114 Å². The molecule has 0 aliphatic heterocycles. The summed E-state index contributed by atoms with van der Waals surface area (Å²) in [4.78, 5) is 0. The predicted molar refractivity (Wildman–Crippen MR) is 76.1 cm³/mol. The van der Waals surface area contributed by atoms with Crippen molar-refractivity contribution in [3.05, 3.63) is 26.4 Å². The van der Waals surface area contributed by atoms with Crippen molar-refractivity contribution in [2.45, 2.75) is 0 Å². The van der Waals surface area contributed by atoms with Gasteiger partial charge in [0, 0.05) is 20.3 Å². The minimum absolute atomic E-state index is 1.19. The second-order valence-corrected chi connectivity index (χ2v) is 6.08. The highest BCUT2D eigenvalue weighted by Gasteiger charge is 2.02. The van der Waals surface area contributed by atoms with Gasteiger partial charge in [0.1, 0.15) is 0 Å². The first-order chi connectivity index (χ1) is 4.61. The fourth-order valence-electron chi connectivity index (χ4n) is 0.475. The average molecular weight is 581 g/mol. The van der Waals surface area contributed by atoms with Gasteiger partial charge in [0.05, 0.1) is 0 Å². The van der Waals surface area contributed by atoms with Crippen molar-refractivity contribution in [1.29, 1.82) is 0 Å². The third-order valence-corrected chi connectivity index (χ3v) is 6.31. The van der Waals surface area contributed by atoms with Crippen molar-refractivity contribution in [3.8, 4) is 0 Å². The highest BCUT2D eigenvalue weighted by atomic mass is 127. The molecule has 53 valence electrons. The van der Waals surface area contributed by atoms with E-state index in [4.69, 9.17) is 0 Å². The maximum Gasteiger partial charge on any atom is 0.0404 e. The van der Waals surface area contributed by atoms with Crippen LogP contribution in [0.2, 0.25) is 0 Å². The Morgan fingerprint density at radius 1 is 1.10 bits per heavy atom. The van der Waals surface area contributed by atoms with Crippen molar-refractivity contribution in [1.82, 2.24) is 0 Å². The molecule has 0 saturated carbocycles. The van der Waals surface area contributed by atoms with E-state index in [1.807, 2.05) is 0 Å². The summed E-state index contributed by atoms with van der Waals surface area (Å²) >= 11 is 9.26. The molecule has 0 spiro atoms. The van der Waals surface area contributed by atoms with Crippen LogP contribution in [-0.4, -0.2) is 0 Å². The summed E-state index contributed by atoms with van der Waals surface area (Å²) in [7, 11) is 0. The van der Waals surface area contributed by atoms with Crippen LogP contribution < -0.4 is 0 Å². The average Bonchev–Trinajstić information content (AvgIpc) is 1.82. The first-order valence-electron chi connectivity index (χ1n) is 2.33. The quantitative estimate of drug-likeness (QED) is 0.248. The molecule has 1 aromatic carbocycles. The van der Waals surface area contributed by atoms with Gasteiger partial charge >= 0.3 is 0 Å². The van der Waals surface area contributed by atoms with E-state index in [-0.39, 0.29) is 0 Å². The van der Waals surface area contributed by atoms with Crippen LogP contribution in [0.15, 0.2) is 6.07 Å². The molecule has 0 aromatic heterocycles. The molecule has 0 bridgehead atoms. The molecule has 0 aliphatic carbocycles. The van der Waals surface area contributed by atoms with E-state index in [1.54, 1.807) is 0 Å². The van der Waals surface area contributed by atoms with Gasteiger partial charge in [-0.15, -0.1) is 0 Å². The Balaban J connectivity index is 3.31. The van der Waals surface area contributed by atoms with Crippen LogP contribution in [0, 0.1) is 20.3 Å². The molecule has 1 aromatic rings. The maximum atomic E-state index is 3.24.